The summed E-state index contributed by atoms with van der Waals surface area (Å²) in [6, 6.07) is 17.2. The van der Waals surface area contributed by atoms with Crippen molar-refractivity contribution < 1.29 is 19.5 Å². The lowest BCUT2D eigenvalue weighted by Crippen LogP contribution is -2.46. The second-order valence-electron chi connectivity index (χ2n) is 9.44. The van der Waals surface area contributed by atoms with Crippen molar-refractivity contribution in [2.45, 2.75) is 45.6 Å². The van der Waals surface area contributed by atoms with Crippen LogP contribution in [0.15, 0.2) is 54.6 Å². The lowest BCUT2D eigenvalue weighted by atomic mass is 9.74. The number of pyridine rings is 1. The van der Waals surface area contributed by atoms with E-state index in [0.717, 1.165) is 48.1 Å². The normalized spacial score (nSPS) is 14.8. The summed E-state index contributed by atoms with van der Waals surface area (Å²) >= 11 is 0. The van der Waals surface area contributed by atoms with Gasteiger partial charge in [0.2, 0.25) is 5.91 Å². The highest BCUT2D eigenvalue weighted by molar-refractivity contribution is 5.94. The van der Waals surface area contributed by atoms with Crippen LogP contribution in [0.25, 0.3) is 10.9 Å². The van der Waals surface area contributed by atoms with Gasteiger partial charge in [0.25, 0.3) is 5.91 Å². The zero-order valence-electron chi connectivity index (χ0n) is 20.7. The van der Waals surface area contributed by atoms with Crippen molar-refractivity contribution in [3.05, 3.63) is 71.4 Å². The lowest BCUT2D eigenvalue weighted by Gasteiger charge is -2.35. The third-order valence-electron chi connectivity index (χ3n) is 6.95. The Balaban J connectivity index is 1.24. The first-order chi connectivity index (χ1) is 17.5. The summed E-state index contributed by atoms with van der Waals surface area (Å²) in [6.07, 6.45) is 3.66. The molecule has 0 saturated carbocycles. The molecule has 1 aliphatic rings. The monoisotopic (exact) mass is 490 g/mol. The van der Waals surface area contributed by atoms with E-state index in [0.29, 0.717) is 43.7 Å². The summed E-state index contributed by atoms with van der Waals surface area (Å²) in [7, 11) is 0. The van der Waals surface area contributed by atoms with E-state index in [9.17, 15) is 9.59 Å². The quantitative estimate of drug-likeness (QED) is 0.195. The fourth-order valence-corrected chi connectivity index (χ4v) is 4.88. The number of rotatable bonds is 10. The van der Waals surface area contributed by atoms with Gasteiger partial charge in [-0.2, -0.15) is 0 Å². The Morgan fingerprint density at radius 2 is 1.83 bits per heavy atom. The van der Waals surface area contributed by atoms with Gasteiger partial charge in [0.15, 0.2) is 0 Å². The molecule has 8 heteroatoms. The number of aryl methyl sites for hydroxylation is 1. The van der Waals surface area contributed by atoms with E-state index in [4.69, 9.17) is 9.94 Å². The summed E-state index contributed by atoms with van der Waals surface area (Å²) < 4.78 is 5.98. The molecule has 2 aromatic carbocycles. The van der Waals surface area contributed by atoms with Gasteiger partial charge in [0, 0.05) is 28.8 Å². The molecule has 1 aliphatic heterocycles. The Morgan fingerprint density at radius 1 is 1.08 bits per heavy atom. The maximum absolute atomic E-state index is 12.5. The summed E-state index contributed by atoms with van der Waals surface area (Å²) in [5, 5.41) is 16.4. The Labute approximate surface area is 211 Å². The number of hydrogen-bond donors (Lipinski definition) is 4. The average Bonchev–Trinajstić information content (AvgIpc) is 2.91. The van der Waals surface area contributed by atoms with Gasteiger partial charge in [-0.3, -0.25) is 19.8 Å². The number of carbonyl (C=O) groups excluding carboxylic acids is 2. The number of aromatic nitrogens is 1. The minimum Gasteiger partial charge on any atom is -0.489 e. The Hall–Kier alpha value is -3.49. The Kier molecular flexibility index (Phi) is 8.51. The number of hydrogen-bond acceptors (Lipinski definition) is 6. The molecular formula is C28H34N4O4. The number of nitrogens with zero attached hydrogens (tertiary/aromatic N) is 1. The van der Waals surface area contributed by atoms with Gasteiger partial charge in [-0.05, 0) is 82.1 Å². The van der Waals surface area contributed by atoms with Crippen LogP contribution in [0, 0.1) is 12.3 Å². The number of amides is 2. The number of nitrogens with one attached hydrogen (secondary N) is 3. The smallest absolute Gasteiger partial charge is 0.251 e. The number of para-hydroxylation sites is 1. The van der Waals surface area contributed by atoms with Gasteiger partial charge < -0.3 is 15.4 Å². The van der Waals surface area contributed by atoms with Crippen LogP contribution >= 0.6 is 0 Å². The lowest BCUT2D eigenvalue weighted by molar-refractivity contribution is -0.142. The van der Waals surface area contributed by atoms with E-state index in [2.05, 4.69) is 15.6 Å². The van der Waals surface area contributed by atoms with E-state index in [1.165, 1.54) is 0 Å². The number of ether oxygens (including phenoxy) is 1. The summed E-state index contributed by atoms with van der Waals surface area (Å²) in [5.41, 5.74) is 4.85. The first-order valence-electron chi connectivity index (χ1n) is 12.5. The SMILES string of the molecule is Cc1cc(COc2ccc(C(=O)NCCCCC3(C(=O)NO)CCNCC3)cc2)c2ccccc2n1. The molecule has 0 bridgehead atoms. The van der Waals surface area contributed by atoms with Gasteiger partial charge in [0.05, 0.1) is 10.9 Å². The van der Waals surface area contributed by atoms with Gasteiger partial charge >= 0.3 is 0 Å². The fourth-order valence-electron chi connectivity index (χ4n) is 4.88. The first kappa shape index (κ1) is 25.6. The van der Waals surface area contributed by atoms with Crippen LogP contribution in [-0.4, -0.2) is 41.6 Å². The molecule has 4 rings (SSSR count). The number of unbranched alkanes of at least 4 members (excludes halogenated alkanes) is 1. The molecule has 0 aliphatic carbocycles. The number of fused-ring (bicyclic) bond motifs is 1. The molecule has 36 heavy (non-hydrogen) atoms. The second-order valence-corrected chi connectivity index (χ2v) is 9.44. The van der Waals surface area contributed by atoms with Gasteiger partial charge in [-0.1, -0.05) is 24.6 Å². The topological polar surface area (TPSA) is 113 Å². The van der Waals surface area contributed by atoms with E-state index < -0.39 is 5.41 Å². The van der Waals surface area contributed by atoms with Crippen molar-refractivity contribution in [3.63, 3.8) is 0 Å². The maximum Gasteiger partial charge on any atom is 0.251 e. The van der Waals surface area contributed by atoms with Gasteiger partial charge in [-0.25, -0.2) is 5.48 Å². The van der Waals surface area contributed by atoms with Crippen LogP contribution in [0.3, 0.4) is 0 Å². The number of piperidine rings is 1. The predicted octanol–water partition coefficient (Wildman–Crippen LogP) is 3.90. The highest BCUT2D eigenvalue weighted by atomic mass is 16.5. The molecule has 0 radical (unpaired) electrons. The summed E-state index contributed by atoms with van der Waals surface area (Å²) in [4.78, 5) is 29.3. The van der Waals surface area contributed by atoms with Crippen LogP contribution in [-0.2, 0) is 11.4 Å². The molecule has 0 spiro atoms. The van der Waals surface area contributed by atoms with Gasteiger partial charge in [0.1, 0.15) is 12.4 Å². The predicted molar refractivity (Wildman–Crippen MR) is 138 cm³/mol. The highest BCUT2D eigenvalue weighted by Gasteiger charge is 2.38. The molecule has 4 N–H and O–H groups in total. The summed E-state index contributed by atoms with van der Waals surface area (Å²) in [6.45, 7) is 4.45. The molecule has 0 unspecified atom stereocenters. The molecular weight excluding hydrogens is 456 g/mol. The van der Waals surface area contributed by atoms with E-state index in [1.54, 1.807) is 24.3 Å². The van der Waals surface area contributed by atoms with Crippen molar-refractivity contribution in [1.29, 1.82) is 0 Å². The number of hydroxylamine groups is 1. The molecule has 1 saturated heterocycles. The van der Waals surface area contributed by atoms with Crippen LogP contribution in [0.4, 0.5) is 0 Å². The largest absolute Gasteiger partial charge is 0.489 e. The van der Waals surface area contributed by atoms with Crippen molar-refractivity contribution in [3.8, 4) is 5.75 Å². The van der Waals surface area contributed by atoms with Crippen LogP contribution in [0.2, 0.25) is 0 Å². The van der Waals surface area contributed by atoms with Crippen LogP contribution in [0.1, 0.15) is 53.7 Å². The number of benzene rings is 2. The Bertz CT molecular complexity index is 1190. The van der Waals surface area contributed by atoms with E-state index in [-0.39, 0.29) is 11.8 Å². The van der Waals surface area contributed by atoms with Crippen molar-refractivity contribution in [2.75, 3.05) is 19.6 Å². The molecule has 0 atom stereocenters. The fraction of sp³-hybridized carbons (Fsp3) is 0.393. The molecule has 2 amide bonds. The molecule has 3 aromatic rings. The number of carbonyl (C=O) groups is 2. The van der Waals surface area contributed by atoms with Crippen molar-refractivity contribution >= 4 is 22.7 Å². The van der Waals surface area contributed by atoms with Crippen LogP contribution in [0.5, 0.6) is 5.75 Å². The van der Waals surface area contributed by atoms with Crippen molar-refractivity contribution in [1.82, 2.24) is 21.1 Å². The second kappa shape index (κ2) is 12.0. The zero-order chi connectivity index (χ0) is 25.4. The third kappa shape index (κ3) is 6.19. The molecule has 190 valence electrons. The first-order valence-corrected chi connectivity index (χ1v) is 12.5. The van der Waals surface area contributed by atoms with E-state index in [1.807, 2.05) is 42.7 Å². The summed E-state index contributed by atoms with van der Waals surface area (Å²) in [5.74, 6) is 0.254. The maximum atomic E-state index is 12.5. The van der Waals surface area contributed by atoms with Crippen molar-refractivity contribution in [2.24, 2.45) is 5.41 Å². The third-order valence-corrected chi connectivity index (χ3v) is 6.95. The molecule has 8 nitrogen and oxygen atoms in total. The molecule has 2 heterocycles. The minimum absolute atomic E-state index is 0.137. The highest BCUT2D eigenvalue weighted by Crippen LogP contribution is 2.34. The van der Waals surface area contributed by atoms with Gasteiger partial charge in [-0.15, -0.1) is 0 Å². The standard InChI is InChI=1S/C28H34N4O4/c1-20-18-22(24-6-2-3-7-25(24)31-20)19-36-23-10-8-21(9-11-23)26(33)30-15-5-4-12-28(27(34)32-35)13-16-29-17-14-28/h2-3,6-11,18,29,35H,4-5,12-17,19H2,1H3,(H,30,33)(H,32,34). The van der Waals surface area contributed by atoms with Crippen LogP contribution < -0.4 is 20.9 Å². The molecule has 1 fully saturated rings. The molecule has 1 aromatic heterocycles. The average molecular weight is 491 g/mol. The Morgan fingerprint density at radius 3 is 2.58 bits per heavy atom. The zero-order valence-corrected chi connectivity index (χ0v) is 20.7. The minimum atomic E-state index is -0.527. The van der Waals surface area contributed by atoms with E-state index >= 15 is 0 Å².